The lowest BCUT2D eigenvalue weighted by atomic mass is 9.96. The Hall–Kier alpha value is -1.16. The van der Waals surface area contributed by atoms with Crippen molar-refractivity contribution in [3.05, 3.63) is 24.3 Å². The summed E-state index contributed by atoms with van der Waals surface area (Å²) in [5.74, 6) is 1.24. The van der Waals surface area contributed by atoms with Gasteiger partial charge in [0, 0.05) is 10.6 Å². The van der Waals surface area contributed by atoms with E-state index < -0.39 is 5.41 Å². The van der Waals surface area contributed by atoms with Crippen molar-refractivity contribution in [3.8, 4) is 5.75 Å². The number of amides is 1. The fourth-order valence-electron chi connectivity index (χ4n) is 1.01. The zero-order valence-corrected chi connectivity index (χ0v) is 10.6. The number of thioether (sulfide) groups is 1. The van der Waals surface area contributed by atoms with Crippen LogP contribution in [0.2, 0.25) is 0 Å². The molecular weight excluding hydrogens is 222 g/mol. The number of carbonyl (C=O) groups excluding carboxylic acids is 1. The minimum Gasteiger partial charge on any atom is -0.497 e. The van der Waals surface area contributed by atoms with Crippen LogP contribution in [0.25, 0.3) is 0 Å². The Labute approximate surface area is 100 Å². The maximum atomic E-state index is 11.1. The predicted octanol–water partition coefficient (Wildman–Crippen LogP) is 2.30. The number of rotatable bonds is 5. The van der Waals surface area contributed by atoms with E-state index in [1.807, 2.05) is 38.1 Å². The van der Waals surface area contributed by atoms with Crippen LogP contribution in [0.15, 0.2) is 29.2 Å². The van der Waals surface area contributed by atoms with Crippen molar-refractivity contribution < 1.29 is 9.53 Å². The van der Waals surface area contributed by atoms with Crippen molar-refractivity contribution in [2.45, 2.75) is 18.7 Å². The molecule has 0 saturated carbocycles. The van der Waals surface area contributed by atoms with Gasteiger partial charge in [-0.1, -0.05) is 13.8 Å². The third kappa shape index (κ3) is 3.45. The largest absolute Gasteiger partial charge is 0.497 e. The van der Waals surface area contributed by atoms with Gasteiger partial charge in [-0.25, -0.2) is 0 Å². The zero-order chi connectivity index (χ0) is 12.2. The van der Waals surface area contributed by atoms with Gasteiger partial charge in [-0.15, -0.1) is 11.8 Å². The molecule has 0 bridgehead atoms. The van der Waals surface area contributed by atoms with Crippen LogP contribution < -0.4 is 10.5 Å². The van der Waals surface area contributed by atoms with Gasteiger partial charge in [0.05, 0.1) is 12.5 Å². The molecule has 1 aromatic carbocycles. The Morgan fingerprint density at radius 3 is 2.38 bits per heavy atom. The molecule has 0 atom stereocenters. The third-order valence-electron chi connectivity index (χ3n) is 2.33. The average Bonchev–Trinajstić information content (AvgIpc) is 2.27. The Bertz CT molecular complexity index is 360. The number of methoxy groups -OCH3 is 1. The first kappa shape index (κ1) is 12.9. The van der Waals surface area contributed by atoms with Crippen molar-refractivity contribution in [1.82, 2.24) is 0 Å². The number of ether oxygens (including phenoxy) is 1. The number of hydrogen-bond donors (Lipinski definition) is 1. The summed E-state index contributed by atoms with van der Waals surface area (Å²) in [5, 5.41) is 0. The molecule has 0 aromatic heterocycles. The van der Waals surface area contributed by atoms with Crippen molar-refractivity contribution in [1.29, 1.82) is 0 Å². The van der Waals surface area contributed by atoms with Crippen LogP contribution in [0.3, 0.4) is 0 Å². The Balaban J connectivity index is 2.58. The first-order chi connectivity index (χ1) is 7.45. The van der Waals surface area contributed by atoms with Crippen LogP contribution in [0, 0.1) is 5.41 Å². The minimum absolute atomic E-state index is 0.270. The van der Waals surface area contributed by atoms with E-state index in [0.717, 1.165) is 10.6 Å². The van der Waals surface area contributed by atoms with Crippen LogP contribution in [-0.2, 0) is 4.79 Å². The monoisotopic (exact) mass is 239 g/mol. The molecule has 0 radical (unpaired) electrons. The molecule has 0 spiro atoms. The molecule has 88 valence electrons. The number of primary amides is 1. The first-order valence-electron chi connectivity index (χ1n) is 5.02. The summed E-state index contributed by atoms with van der Waals surface area (Å²) in [6.45, 7) is 3.71. The smallest absolute Gasteiger partial charge is 0.223 e. The van der Waals surface area contributed by atoms with E-state index in [4.69, 9.17) is 10.5 Å². The molecular formula is C12H17NO2S. The molecule has 4 heteroatoms. The second-order valence-electron chi connectivity index (χ2n) is 4.21. The second kappa shape index (κ2) is 5.25. The SMILES string of the molecule is COc1ccc(SCC(C)(C)C(N)=O)cc1. The maximum Gasteiger partial charge on any atom is 0.223 e. The Kier molecular flexibility index (Phi) is 4.24. The highest BCUT2D eigenvalue weighted by Crippen LogP contribution is 2.28. The van der Waals surface area contributed by atoms with E-state index in [0.29, 0.717) is 5.75 Å². The van der Waals surface area contributed by atoms with Crippen LogP contribution in [0.4, 0.5) is 0 Å². The lowest BCUT2D eigenvalue weighted by molar-refractivity contribution is -0.124. The molecule has 2 N–H and O–H groups in total. The third-order valence-corrected chi connectivity index (χ3v) is 3.80. The highest BCUT2D eigenvalue weighted by Gasteiger charge is 2.24. The predicted molar refractivity (Wildman–Crippen MR) is 66.7 cm³/mol. The Morgan fingerprint density at radius 1 is 1.38 bits per heavy atom. The standard InChI is InChI=1S/C12H17NO2S/c1-12(2,11(13)14)8-16-10-6-4-9(15-3)5-7-10/h4-7H,8H2,1-3H3,(H2,13,14). The van der Waals surface area contributed by atoms with Crippen molar-refractivity contribution in [3.63, 3.8) is 0 Å². The van der Waals surface area contributed by atoms with E-state index in [1.165, 1.54) is 0 Å². The minimum atomic E-state index is -0.482. The lowest BCUT2D eigenvalue weighted by Gasteiger charge is -2.19. The van der Waals surface area contributed by atoms with Crippen LogP contribution in [0.5, 0.6) is 5.75 Å². The van der Waals surface area contributed by atoms with Crippen LogP contribution >= 0.6 is 11.8 Å². The van der Waals surface area contributed by atoms with Gasteiger partial charge in [0.1, 0.15) is 5.75 Å². The molecule has 1 amide bonds. The van der Waals surface area contributed by atoms with Gasteiger partial charge in [0.2, 0.25) is 5.91 Å². The van der Waals surface area contributed by atoms with Gasteiger partial charge in [-0.05, 0) is 24.3 Å². The number of hydrogen-bond acceptors (Lipinski definition) is 3. The molecule has 3 nitrogen and oxygen atoms in total. The number of nitrogens with two attached hydrogens (primary N) is 1. The first-order valence-corrected chi connectivity index (χ1v) is 6.01. The number of carbonyl (C=O) groups is 1. The molecule has 0 aliphatic carbocycles. The molecule has 0 aliphatic rings. The van der Waals surface area contributed by atoms with Gasteiger partial charge in [-0.3, -0.25) is 4.79 Å². The lowest BCUT2D eigenvalue weighted by Crippen LogP contribution is -2.33. The molecule has 16 heavy (non-hydrogen) atoms. The average molecular weight is 239 g/mol. The van der Waals surface area contributed by atoms with E-state index in [2.05, 4.69) is 0 Å². The zero-order valence-electron chi connectivity index (χ0n) is 9.82. The van der Waals surface area contributed by atoms with Crippen LogP contribution in [0.1, 0.15) is 13.8 Å². The summed E-state index contributed by atoms with van der Waals surface area (Å²) < 4.78 is 5.07. The summed E-state index contributed by atoms with van der Waals surface area (Å²) in [5.41, 5.74) is 4.83. The quantitative estimate of drug-likeness (QED) is 0.802. The summed E-state index contributed by atoms with van der Waals surface area (Å²) in [6, 6.07) is 7.75. The van der Waals surface area contributed by atoms with Crippen molar-refractivity contribution in [2.24, 2.45) is 11.1 Å². The molecule has 0 saturated heterocycles. The second-order valence-corrected chi connectivity index (χ2v) is 5.26. The van der Waals surface area contributed by atoms with Gasteiger partial charge in [0.25, 0.3) is 0 Å². The molecule has 1 rings (SSSR count). The van der Waals surface area contributed by atoms with E-state index in [1.54, 1.807) is 18.9 Å². The van der Waals surface area contributed by atoms with Gasteiger partial charge in [-0.2, -0.15) is 0 Å². The summed E-state index contributed by atoms with van der Waals surface area (Å²) in [6.07, 6.45) is 0. The van der Waals surface area contributed by atoms with Gasteiger partial charge < -0.3 is 10.5 Å². The van der Waals surface area contributed by atoms with E-state index in [9.17, 15) is 4.79 Å². The highest BCUT2D eigenvalue weighted by atomic mass is 32.2. The van der Waals surface area contributed by atoms with Crippen molar-refractivity contribution >= 4 is 17.7 Å². The molecule has 0 heterocycles. The Morgan fingerprint density at radius 2 is 1.94 bits per heavy atom. The van der Waals surface area contributed by atoms with Gasteiger partial charge in [0.15, 0.2) is 0 Å². The van der Waals surface area contributed by atoms with Crippen molar-refractivity contribution in [2.75, 3.05) is 12.9 Å². The summed E-state index contributed by atoms with van der Waals surface area (Å²) in [7, 11) is 1.64. The van der Waals surface area contributed by atoms with Crippen LogP contribution in [-0.4, -0.2) is 18.8 Å². The fraction of sp³-hybridized carbons (Fsp3) is 0.417. The van der Waals surface area contributed by atoms with Gasteiger partial charge >= 0.3 is 0 Å². The molecule has 0 unspecified atom stereocenters. The highest BCUT2D eigenvalue weighted by molar-refractivity contribution is 7.99. The summed E-state index contributed by atoms with van der Waals surface area (Å²) >= 11 is 1.62. The maximum absolute atomic E-state index is 11.1. The summed E-state index contributed by atoms with van der Waals surface area (Å²) in [4.78, 5) is 12.2. The fourth-order valence-corrected chi connectivity index (χ4v) is 2.01. The molecule has 0 fully saturated rings. The molecule has 1 aromatic rings. The van der Waals surface area contributed by atoms with E-state index in [-0.39, 0.29) is 5.91 Å². The topological polar surface area (TPSA) is 52.3 Å². The normalized spacial score (nSPS) is 11.2. The van der Waals surface area contributed by atoms with E-state index >= 15 is 0 Å². The molecule has 0 aliphatic heterocycles. The number of benzene rings is 1.